The number of alkyl halides is 3. The van der Waals surface area contributed by atoms with Gasteiger partial charge in [-0.1, -0.05) is 0 Å². The second kappa shape index (κ2) is 4.86. The van der Waals surface area contributed by atoms with Gasteiger partial charge < -0.3 is 5.32 Å². The van der Waals surface area contributed by atoms with Crippen LogP contribution in [0.4, 0.5) is 13.2 Å². The van der Waals surface area contributed by atoms with E-state index >= 15 is 0 Å². The summed E-state index contributed by atoms with van der Waals surface area (Å²) in [5, 5.41) is 6.98. The summed E-state index contributed by atoms with van der Waals surface area (Å²) in [6.45, 7) is 3.61. The highest BCUT2D eigenvalue weighted by molar-refractivity contribution is 5.19. The van der Waals surface area contributed by atoms with Crippen LogP contribution >= 0.6 is 0 Å². The van der Waals surface area contributed by atoms with E-state index in [4.69, 9.17) is 0 Å². The van der Waals surface area contributed by atoms with Crippen molar-refractivity contribution in [3.05, 3.63) is 17.5 Å². The molecule has 0 aliphatic carbocycles. The molecule has 0 spiro atoms. The number of aryl methyl sites for hydroxylation is 2. The van der Waals surface area contributed by atoms with Gasteiger partial charge in [0.15, 0.2) is 0 Å². The molecule has 1 N–H and O–H groups in total. The van der Waals surface area contributed by atoms with Crippen molar-refractivity contribution in [1.29, 1.82) is 0 Å². The summed E-state index contributed by atoms with van der Waals surface area (Å²) in [6.07, 6.45) is -3.09. The molecule has 1 aromatic rings. The van der Waals surface area contributed by atoms with Gasteiger partial charge in [-0.3, -0.25) is 4.68 Å². The van der Waals surface area contributed by atoms with Gasteiger partial charge in [-0.2, -0.15) is 18.3 Å². The van der Waals surface area contributed by atoms with E-state index in [1.165, 1.54) is 0 Å². The van der Waals surface area contributed by atoms with Crippen LogP contribution in [0.2, 0.25) is 0 Å². The van der Waals surface area contributed by atoms with Gasteiger partial charge in [0.1, 0.15) is 0 Å². The topological polar surface area (TPSA) is 29.9 Å². The number of rotatable bonds is 4. The van der Waals surface area contributed by atoms with Gasteiger partial charge in [0.05, 0.1) is 12.1 Å². The lowest BCUT2D eigenvalue weighted by molar-refractivity contribution is -0.133. The van der Waals surface area contributed by atoms with Crippen LogP contribution in [0, 0.1) is 6.92 Å². The first-order valence-electron chi connectivity index (χ1n) is 5.10. The van der Waals surface area contributed by atoms with E-state index in [0.717, 1.165) is 11.3 Å². The lowest BCUT2D eigenvalue weighted by Crippen LogP contribution is -2.24. The van der Waals surface area contributed by atoms with Crippen molar-refractivity contribution in [1.82, 2.24) is 15.1 Å². The van der Waals surface area contributed by atoms with E-state index in [0.29, 0.717) is 0 Å². The van der Waals surface area contributed by atoms with E-state index in [-0.39, 0.29) is 12.6 Å². The molecule has 6 heteroatoms. The summed E-state index contributed by atoms with van der Waals surface area (Å²) in [6, 6.07) is -0.115. The van der Waals surface area contributed by atoms with E-state index in [9.17, 15) is 13.2 Å². The number of hydrogen-bond donors (Lipinski definition) is 1. The first kappa shape index (κ1) is 13.0. The van der Waals surface area contributed by atoms with Crippen LogP contribution in [0.1, 0.15) is 30.6 Å². The van der Waals surface area contributed by atoms with Crippen LogP contribution in [0.15, 0.2) is 6.20 Å². The molecule has 0 saturated carbocycles. The van der Waals surface area contributed by atoms with Crippen molar-refractivity contribution in [2.75, 3.05) is 6.54 Å². The molecule has 3 nitrogen and oxygen atoms in total. The minimum Gasteiger partial charge on any atom is -0.310 e. The second-order valence-corrected chi connectivity index (χ2v) is 3.88. The Bertz CT molecular complexity index is 344. The number of nitrogens with zero attached hydrogens (tertiary/aromatic N) is 2. The molecule has 1 aromatic heterocycles. The Morgan fingerprint density at radius 1 is 1.50 bits per heavy atom. The zero-order valence-corrected chi connectivity index (χ0v) is 9.60. The molecule has 1 atom stereocenters. The summed E-state index contributed by atoms with van der Waals surface area (Å²) in [5.74, 6) is 0. The minimum atomic E-state index is -4.10. The molecule has 1 unspecified atom stereocenters. The molecule has 0 aromatic carbocycles. The van der Waals surface area contributed by atoms with Crippen LogP contribution in [0.25, 0.3) is 0 Å². The average molecular weight is 235 g/mol. The summed E-state index contributed by atoms with van der Waals surface area (Å²) in [4.78, 5) is 0. The molecular formula is C10H16F3N3. The number of aromatic nitrogens is 2. The average Bonchev–Trinajstić information content (AvgIpc) is 2.43. The fourth-order valence-electron chi connectivity index (χ4n) is 1.58. The zero-order chi connectivity index (χ0) is 12.3. The number of hydrogen-bond acceptors (Lipinski definition) is 2. The van der Waals surface area contributed by atoms with Crippen molar-refractivity contribution in [3.8, 4) is 0 Å². The number of nitrogens with one attached hydrogen (secondary N) is 1. The second-order valence-electron chi connectivity index (χ2n) is 3.88. The molecule has 1 rings (SSSR count). The van der Waals surface area contributed by atoms with E-state index in [1.807, 2.05) is 20.0 Å². The Morgan fingerprint density at radius 2 is 2.12 bits per heavy atom. The van der Waals surface area contributed by atoms with Gasteiger partial charge in [0, 0.05) is 31.4 Å². The molecular weight excluding hydrogens is 219 g/mol. The van der Waals surface area contributed by atoms with Crippen LogP contribution in [-0.2, 0) is 7.05 Å². The van der Waals surface area contributed by atoms with Crippen molar-refractivity contribution in [2.45, 2.75) is 32.5 Å². The van der Waals surface area contributed by atoms with Crippen LogP contribution < -0.4 is 5.32 Å². The van der Waals surface area contributed by atoms with Crippen LogP contribution in [-0.4, -0.2) is 22.5 Å². The maximum absolute atomic E-state index is 11.9. The Balaban J connectivity index is 2.47. The maximum atomic E-state index is 11.9. The fraction of sp³-hybridized carbons (Fsp3) is 0.700. The van der Waals surface area contributed by atoms with Crippen molar-refractivity contribution >= 4 is 0 Å². The van der Waals surface area contributed by atoms with Gasteiger partial charge >= 0.3 is 6.18 Å². The summed E-state index contributed by atoms with van der Waals surface area (Å²) in [5.41, 5.74) is 1.78. The van der Waals surface area contributed by atoms with Gasteiger partial charge in [0.2, 0.25) is 0 Å². The molecule has 16 heavy (non-hydrogen) atoms. The SMILES string of the molecule is Cc1nn(C)cc1C(C)NCCC(F)(F)F. The highest BCUT2D eigenvalue weighted by Gasteiger charge is 2.26. The highest BCUT2D eigenvalue weighted by atomic mass is 19.4. The first-order chi connectivity index (χ1) is 7.29. The van der Waals surface area contributed by atoms with Gasteiger partial charge in [-0.05, 0) is 13.8 Å². The van der Waals surface area contributed by atoms with Gasteiger partial charge in [-0.15, -0.1) is 0 Å². The smallest absolute Gasteiger partial charge is 0.310 e. The molecule has 0 aliphatic rings. The molecule has 1 heterocycles. The largest absolute Gasteiger partial charge is 0.390 e. The normalized spacial score (nSPS) is 14.1. The summed E-state index contributed by atoms with van der Waals surface area (Å²) in [7, 11) is 1.79. The van der Waals surface area contributed by atoms with Crippen molar-refractivity contribution in [2.24, 2.45) is 7.05 Å². The van der Waals surface area contributed by atoms with E-state index < -0.39 is 12.6 Å². The Morgan fingerprint density at radius 3 is 2.56 bits per heavy atom. The first-order valence-corrected chi connectivity index (χ1v) is 5.10. The molecule has 0 saturated heterocycles. The molecule has 0 radical (unpaired) electrons. The third-order valence-corrected chi connectivity index (χ3v) is 2.38. The highest BCUT2D eigenvalue weighted by Crippen LogP contribution is 2.20. The molecule has 92 valence electrons. The van der Waals surface area contributed by atoms with Crippen LogP contribution in [0.3, 0.4) is 0 Å². The lowest BCUT2D eigenvalue weighted by atomic mass is 10.1. The summed E-state index contributed by atoms with van der Waals surface area (Å²) < 4.78 is 37.5. The quantitative estimate of drug-likeness (QED) is 0.868. The summed E-state index contributed by atoms with van der Waals surface area (Å²) >= 11 is 0. The predicted molar refractivity (Wildman–Crippen MR) is 55.0 cm³/mol. The zero-order valence-electron chi connectivity index (χ0n) is 9.60. The number of halogens is 3. The van der Waals surface area contributed by atoms with Crippen molar-refractivity contribution < 1.29 is 13.2 Å². The van der Waals surface area contributed by atoms with Crippen LogP contribution in [0.5, 0.6) is 0 Å². The fourth-order valence-corrected chi connectivity index (χ4v) is 1.58. The monoisotopic (exact) mass is 235 g/mol. The molecule has 0 amide bonds. The molecule has 0 aliphatic heterocycles. The maximum Gasteiger partial charge on any atom is 0.390 e. The Kier molecular flexibility index (Phi) is 3.96. The van der Waals surface area contributed by atoms with Crippen molar-refractivity contribution in [3.63, 3.8) is 0 Å². The third-order valence-electron chi connectivity index (χ3n) is 2.38. The third kappa shape index (κ3) is 3.84. The van der Waals surface area contributed by atoms with E-state index in [1.54, 1.807) is 11.7 Å². The Hall–Kier alpha value is -1.04. The molecule has 0 bridgehead atoms. The van der Waals surface area contributed by atoms with Gasteiger partial charge in [-0.25, -0.2) is 0 Å². The minimum absolute atomic E-state index is 0.0704. The lowest BCUT2D eigenvalue weighted by Gasteiger charge is -2.14. The predicted octanol–water partition coefficient (Wildman–Crippen LogP) is 2.33. The van der Waals surface area contributed by atoms with Gasteiger partial charge in [0.25, 0.3) is 0 Å². The van der Waals surface area contributed by atoms with E-state index in [2.05, 4.69) is 10.4 Å². The Labute approximate surface area is 92.6 Å². The molecule has 0 fully saturated rings. The standard InChI is InChI=1S/C10H16F3N3/c1-7(14-5-4-10(11,12)13)9-6-16(3)15-8(9)2/h6-7,14H,4-5H2,1-3H3.